The van der Waals surface area contributed by atoms with Crippen molar-refractivity contribution in [2.75, 3.05) is 39.3 Å². The number of aliphatic carboxylic acids is 1. The highest BCUT2D eigenvalue weighted by atomic mass is 16.4. The Morgan fingerprint density at radius 1 is 0.697 bits per heavy atom. The van der Waals surface area contributed by atoms with Crippen LogP contribution in [0.4, 0.5) is 0 Å². The van der Waals surface area contributed by atoms with Gasteiger partial charge in [-0.3, -0.25) is 38.6 Å². The summed E-state index contributed by atoms with van der Waals surface area (Å²) in [6.07, 6.45) is 2.97. The summed E-state index contributed by atoms with van der Waals surface area (Å²) in [5.41, 5.74) is 18.1. The highest BCUT2D eigenvalue weighted by Crippen LogP contribution is 2.26. The molecule has 22 nitrogen and oxygen atoms in total. The number of rotatable bonds is 21. The Morgan fingerprint density at radius 3 is 1.89 bits per heavy atom. The van der Waals surface area contributed by atoms with E-state index in [0.29, 0.717) is 69.2 Å². The van der Waals surface area contributed by atoms with Gasteiger partial charge in [-0.25, -0.2) is 4.79 Å². The molecular weight excluding hydrogens is 859 g/mol. The zero-order valence-electron chi connectivity index (χ0n) is 36.7. The molecule has 7 amide bonds. The molecule has 0 spiro atoms. The molecule has 2 aromatic rings. The van der Waals surface area contributed by atoms with E-state index in [1.807, 2.05) is 0 Å². The van der Waals surface area contributed by atoms with Crippen LogP contribution in [-0.2, 0) is 51.2 Å². The minimum absolute atomic E-state index is 0.00145. The van der Waals surface area contributed by atoms with Crippen molar-refractivity contribution in [1.29, 1.82) is 0 Å². The van der Waals surface area contributed by atoms with Gasteiger partial charge in [0.05, 0.1) is 19.2 Å². The Hall–Kier alpha value is -6.81. The molecule has 0 bridgehead atoms. The minimum atomic E-state index is -1.56. The quantitative estimate of drug-likeness (QED) is 0.0343. The van der Waals surface area contributed by atoms with Crippen LogP contribution in [-0.4, -0.2) is 165 Å². The fourth-order valence-electron chi connectivity index (χ4n) is 8.52. The Labute approximate surface area is 381 Å². The average molecular weight is 920 g/mol. The maximum Gasteiger partial charge on any atom is 0.326 e. The molecule has 3 heterocycles. The first-order valence-corrected chi connectivity index (χ1v) is 22.1. The maximum absolute atomic E-state index is 13.9. The topological polar surface area (TPSA) is 346 Å². The highest BCUT2D eigenvalue weighted by molar-refractivity contribution is 5.97. The second kappa shape index (κ2) is 23.9. The predicted molar refractivity (Wildman–Crippen MR) is 238 cm³/mol. The SMILES string of the molecule is NC(N)=NCCC[C@H](N)C(=O)N1CCC[C@H]1C(=O)N1CCC[C@H]1C(=O)NCC(=O)N[C@@H](Cc1ccc(O)cc1)C(=O)N[C@@H](CO)C(=O)N1CCC[C@H]1C(=O)N[C@@H](Cc1ccccc1)C(=O)O. The van der Waals surface area contributed by atoms with Gasteiger partial charge in [0.2, 0.25) is 41.4 Å². The monoisotopic (exact) mass is 919 g/mol. The van der Waals surface area contributed by atoms with Crippen molar-refractivity contribution in [2.24, 2.45) is 22.2 Å². The number of aliphatic hydroxyl groups excluding tert-OH is 1. The van der Waals surface area contributed by atoms with E-state index in [4.69, 9.17) is 17.2 Å². The number of aliphatic hydroxyl groups is 1. The molecule has 3 saturated heterocycles. The van der Waals surface area contributed by atoms with E-state index in [0.717, 1.165) is 0 Å². The summed E-state index contributed by atoms with van der Waals surface area (Å²) >= 11 is 0. The number of carboxylic acid groups (broad SMARTS) is 1. The van der Waals surface area contributed by atoms with E-state index in [2.05, 4.69) is 26.3 Å². The number of phenols is 1. The van der Waals surface area contributed by atoms with E-state index >= 15 is 0 Å². The molecule has 66 heavy (non-hydrogen) atoms. The highest BCUT2D eigenvalue weighted by Gasteiger charge is 2.43. The summed E-state index contributed by atoms with van der Waals surface area (Å²) in [7, 11) is 0. The second-order valence-electron chi connectivity index (χ2n) is 16.7. The molecule has 13 N–H and O–H groups in total. The number of aliphatic imine (C=N–C) groups is 1. The van der Waals surface area contributed by atoms with E-state index in [9.17, 15) is 53.7 Å². The number of nitrogens with one attached hydrogen (secondary N) is 4. The molecule has 7 atom stereocenters. The number of hydrogen-bond acceptors (Lipinski definition) is 12. The largest absolute Gasteiger partial charge is 0.508 e. The number of hydrogen-bond donors (Lipinski definition) is 10. The third-order valence-electron chi connectivity index (χ3n) is 11.9. The Balaban J connectivity index is 1.19. The van der Waals surface area contributed by atoms with Crippen molar-refractivity contribution in [3.8, 4) is 5.75 Å². The summed E-state index contributed by atoms with van der Waals surface area (Å²) in [6.45, 7) is -0.517. The number of phenolic OH excluding ortho intramolecular Hbond substituents is 1. The third kappa shape index (κ3) is 13.6. The first kappa shape index (κ1) is 50.2. The molecule has 358 valence electrons. The molecule has 0 saturated carbocycles. The number of benzene rings is 2. The van der Waals surface area contributed by atoms with Crippen molar-refractivity contribution in [3.05, 3.63) is 65.7 Å². The van der Waals surface area contributed by atoms with Crippen LogP contribution >= 0.6 is 0 Å². The van der Waals surface area contributed by atoms with Gasteiger partial charge in [0.1, 0.15) is 42.0 Å². The van der Waals surface area contributed by atoms with Crippen molar-refractivity contribution < 1.29 is 53.7 Å². The molecule has 3 fully saturated rings. The van der Waals surface area contributed by atoms with Gasteiger partial charge < -0.3 is 68.5 Å². The van der Waals surface area contributed by atoms with E-state index in [-0.39, 0.29) is 50.0 Å². The van der Waals surface area contributed by atoms with Gasteiger partial charge in [-0.05, 0) is 74.6 Å². The smallest absolute Gasteiger partial charge is 0.326 e. The lowest BCUT2D eigenvalue weighted by Gasteiger charge is -2.32. The molecular formula is C44H61N11O11. The molecule has 3 aliphatic heterocycles. The standard InChI is InChI=1S/C44H61N11O11/c45-29(10-4-18-48-44(46)47)40(62)55-21-7-13-35(55)42(64)54-20-5-11-33(54)38(60)49-24-36(58)50-30(22-27-14-16-28(57)17-15-27)37(59)52-32(25-56)41(63)53-19-6-12-34(53)39(61)51-31(43(65)66)23-26-8-2-1-3-9-26/h1-3,8-9,14-17,29-35,56-57H,4-7,10-13,18-25,45H2,(H,49,60)(H,50,58)(H,51,61)(H,52,59)(H,65,66)(H4,46,47,48)/t29-,30-,31-,32-,33-,34-,35-/m0/s1. The van der Waals surface area contributed by atoms with Crippen molar-refractivity contribution in [3.63, 3.8) is 0 Å². The van der Waals surface area contributed by atoms with Gasteiger partial charge in [-0.1, -0.05) is 42.5 Å². The fraction of sp³-hybridized carbons (Fsp3) is 0.523. The molecule has 0 unspecified atom stereocenters. The van der Waals surface area contributed by atoms with Crippen LogP contribution in [0.25, 0.3) is 0 Å². The molecule has 22 heteroatoms. The number of nitrogens with zero attached hydrogens (tertiary/aromatic N) is 4. The number of aromatic hydroxyl groups is 1. The molecule has 3 aliphatic rings. The summed E-state index contributed by atoms with van der Waals surface area (Å²) in [6, 6.07) is 6.55. The van der Waals surface area contributed by atoms with Crippen LogP contribution in [0.3, 0.4) is 0 Å². The first-order chi connectivity index (χ1) is 31.6. The molecule has 0 radical (unpaired) electrons. The van der Waals surface area contributed by atoms with Crippen LogP contribution in [0.2, 0.25) is 0 Å². The third-order valence-corrected chi connectivity index (χ3v) is 11.9. The van der Waals surface area contributed by atoms with Crippen molar-refractivity contribution >= 4 is 53.3 Å². The van der Waals surface area contributed by atoms with Gasteiger partial charge in [-0.2, -0.15) is 0 Å². The van der Waals surface area contributed by atoms with E-state index in [1.165, 1.54) is 39.0 Å². The Kier molecular flexibility index (Phi) is 18.2. The lowest BCUT2D eigenvalue weighted by Crippen LogP contribution is -2.59. The molecule has 2 aromatic carbocycles. The van der Waals surface area contributed by atoms with Gasteiger partial charge >= 0.3 is 5.97 Å². The number of carboxylic acids is 1. The van der Waals surface area contributed by atoms with E-state index < -0.39 is 96.9 Å². The predicted octanol–water partition coefficient (Wildman–Crippen LogP) is -2.82. The minimum Gasteiger partial charge on any atom is -0.508 e. The Bertz CT molecular complexity index is 2090. The molecule has 0 aliphatic carbocycles. The lowest BCUT2D eigenvalue weighted by molar-refractivity contribution is -0.147. The average Bonchev–Trinajstić information content (AvgIpc) is 4.11. The number of amides is 7. The number of likely N-dealkylation sites (tertiary alicyclic amines) is 3. The molecule has 5 rings (SSSR count). The van der Waals surface area contributed by atoms with Gasteiger partial charge in [0, 0.05) is 39.0 Å². The second-order valence-corrected chi connectivity index (χ2v) is 16.7. The number of guanidine groups is 1. The zero-order chi connectivity index (χ0) is 47.9. The fourth-order valence-corrected chi connectivity index (χ4v) is 8.52. The van der Waals surface area contributed by atoms with Gasteiger partial charge in [-0.15, -0.1) is 0 Å². The van der Waals surface area contributed by atoms with Crippen LogP contribution in [0.5, 0.6) is 5.75 Å². The number of carbonyl (C=O) groups excluding carboxylic acids is 7. The van der Waals surface area contributed by atoms with Crippen LogP contribution in [0.15, 0.2) is 59.6 Å². The summed E-state index contributed by atoms with van der Waals surface area (Å²) < 4.78 is 0. The van der Waals surface area contributed by atoms with Crippen LogP contribution in [0, 0.1) is 0 Å². The lowest BCUT2D eigenvalue weighted by atomic mass is 10.0. The number of carbonyl (C=O) groups is 8. The van der Waals surface area contributed by atoms with Gasteiger partial charge in [0.15, 0.2) is 5.96 Å². The summed E-state index contributed by atoms with van der Waals surface area (Å²) in [5.74, 6) is -5.99. The normalized spacial score (nSPS) is 19.8. The van der Waals surface area contributed by atoms with Crippen LogP contribution in [0.1, 0.15) is 62.5 Å². The van der Waals surface area contributed by atoms with Crippen LogP contribution < -0.4 is 38.5 Å². The van der Waals surface area contributed by atoms with E-state index in [1.54, 1.807) is 30.3 Å². The summed E-state index contributed by atoms with van der Waals surface area (Å²) in [4.78, 5) is 115. The maximum atomic E-state index is 13.9. The molecule has 0 aromatic heterocycles. The number of nitrogens with two attached hydrogens (primary N) is 3. The van der Waals surface area contributed by atoms with Crippen molar-refractivity contribution in [2.45, 2.75) is 107 Å². The van der Waals surface area contributed by atoms with Crippen molar-refractivity contribution in [1.82, 2.24) is 36.0 Å². The Morgan fingerprint density at radius 2 is 1.27 bits per heavy atom. The summed E-state index contributed by atoms with van der Waals surface area (Å²) in [5, 5.41) is 40.1. The first-order valence-electron chi connectivity index (χ1n) is 22.1. The van der Waals surface area contributed by atoms with Gasteiger partial charge in [0.25, 0.3) is 0 Å². The zero-order valence-corrected chi connectivity index (χ0v) is 36.7.